The van der Waals surface area contributed by atoms with E-state index in [0.717, 1.165) is 32.0 Å². The van der Waals surface area contributed by atoms with E-state index in [-0.39, 0.29) is 0 Å². The van der Waals surface area contributed by atoms with Crippen molar-refractivity contribution in [3.05, 3.63) is 0 Å². The number of carbonyl (C=O) groups is 1. The van der Waals surface area contributed by atoms with Crippen molar-refractivity contribution in [2.45, 2.75) is 64.7 Å². The number of carbonyl (C=O) groups excluding carboxylic acids is 1. The number of nitrogens with zero attached hydrogens (tertiary/aromatic N) is 1. The van der Waals surface area contributed by atoms with Gasteiger partial charge in [0.1, 0.15) is 0 Å². The Kier molecular flexibility index (Phi) is 7.01. The Morgan fingerprint density at radius 3 is 2.62 bits per heavy atom. The third-order valence-corrected chi connectivity index (χ3v) is 5.66. The monoisotopic (exact) mass is 294 g/mol. The van der Waals surface area contributed by atoms with Crippen LogP contribution in [-0.4, -0.2) is 37.5 Å². The number of piperidine rings is 1. The van der Waals surface area contributed by atoms with Crippen LogP contribution in [0.25, 0.3) is 0 Å². The van der Waals surface area contributed by atoms with Gasteiger partial charge in [-0.1, -0.05) is 39.0 Å². The Bertz CT molecular complexity index is 306. The van der Waals surface area contributed by atoms with Gasteiger partial charge in [-0.3, -0.25) is 4.79 Å². The standard InChI is InChI=1S/C18H34N2O/c1-15(17-9-6-11-19-14-17)13-18(21)20(2)12-10-16-7-4-3-5-8-16/h15-17,19H,3-14H2,1-2H3. The number of hydrogen-bond donors (Lipinski definition) is 1. The zero-order chi connectivity index (χ0) is 15.1. The van der Waals surface area contributed by atoms with Crippen LogP contribution in [0.3, 0.4) is 0 Å². The van der Waals surface area contributed by atoms with Gasteiger partial charge in [0, 0.05) is 20.0 Å². The summed E-state index contributed by atoms with van der Waals surface area (Å²) in [6.45, 7) is 5.46. The SMILES string of the molecule is CC(CC(=O)N(C)CCC1CCCCC1)C1CCCNC1. The van der Waals surface area contributed by atoms with Crippen LogP contribution in [0.5, 0.6) is 0 Å². The zero-order valence-electron chi connectivity index (χ0n) is 14.1. The number of amides is 1. The second kappa shape index (κ2) is 8.77. The molecule has 1 aliphatic carbocycles. The highest BCUT2D eigenvalue weighted by Crippen LogP contribution is 2.27. The molecule has 3 heteroatoms. The van der Waals surface area contributed by atoms with E-state index in [9.17, 15) is 4.79 Å². The number of hydrogen-bond acceptors (Lipinski definition) is 2. The molecule has 2 fully saturated rings. The lowest BCUT2D eigenvalue weighted by atomic mass is 9.85. The smallest absolute Gasteiger partial charge is 0.222 e. The van der Waals surface area contributed by atoms with E-state index in [1.54, 1.807) is 0 Å². The summed E-state index contributed by atoms with van der Waals surface area (Å²) in [6.07, 6.45) is 11.5. The molecule has 2 rings (SSSR count). The molecule has 3 nitrogen and oxygen atoms in total. The molecule has 0 bridgehead atoms. The lowest BCUT2D eigenvalue weighted by Gasteiger charge is -2.30. The molecular weight excluding hydrogens is 260 g/mol. The van der Waals surface area contributed by atoms with Crippen LogP contribution >= 0.6 is 0 Å². The summed E-state index contributed by atoms with van der Waals surface area (Å²) in [5.74, 6) is 2.43. The Balaban J connectivity index is 1.66. The number of rotatable bonds is 6. The van der Waals surface area contributed by atoms with Crippen LogP contribution in [0, 0.1) is 17.8 Å². The Labute approximate surface area is 130 Å². The van der Waals surface area contributed by atoms with Crippen molar-refractivity contribution in [3.8, 4) is 0 Å². The Morgan fingerprint density at radius 1 is 1.19 bits per heavy atom. The van der Waals surface area contributed by atoms with Crippen LogP contribution in [0.2, 0.25) is 0 Å². The van der Waals surface area contributed by atoms with Crippen LogP contribution in [0.1, 0.15) is 64.7 Å². The van der Waals surface area contributed by atoms with Crippen LogP contribution < -0.4 is 5.32 Å². The first kappa shape index (κ1) is 16.8. The average Bonchev–Trinajstić information content (AvgIpc) is 2.54. The van der Waals surface area contributed by atoms with Crippen molar-refractivity contribution in [2.75, 3.05) is 26.7 Å². The third-order valence-electron chi connectivity index (χ3n) is 5.66. The van der Waals surface area contributed by atoms with E-state index >= 15 is 0 Å². The summed E-state index contributed by atoms with van der Waals surface area (Å²) in [6, 6.07) is 0. The molecule has 1 aliphatic heterocycles. The largest absolute Gasteiger partial charge is 0.346 e. The minimum atomic E-state index is 0.351. The van der Waals surface area contributed by atoms with Gasteiger partial charge in [-0.25, -0.2) is 0 Å². The van der Waals surface area contributed by atoms with Gasteiger partial charge in [0.2, 0.25) is 5.91 Å². The molecule has 122 valence electrons. The molecule has 1 amide bonds. The molecule has 0 aromatic heterocycles. The molecule has 21 heavy (non-hydrogen) atoms. The molecule has 2 aliphatic rings. The summed E-state index contributed by atoms with van der Waals surface area (Å²) >= 11 is 0. The maximum atomic E-state index is 12.4. The first-order valence-electron chi connectivity index (χ1n) is 9.11. The highest BCUT2D eigenvalue weighted by atomic mass is 16.2. The van der Waals surface area contributed by atoms with E-state index in [0.29, 0.717) is 17.7 Å². The van der Waals surface area contributed by atoms with Crippen molar-refractivity contribution in [2.24, 2.45) is 17.8 Å². The van der Waals surface area contributed by atoms with Crippen molar-refractivity contribution in [3.63, 3.8) is 0 Å². The number of nitrogens with one attached hydrogen (secondary N) is 1. The molecule has 0 aromatic carbocycles. The molecule has 1 saturated heterocycles. The Morgan fingerprint density at radius 2 is 1.95 bits per heavy atom. The van der Waals surface area contributed by atoms with E-state index in [2.05, 4.69) is 12.2 Å². The van der Waals surface area contributed by atoms with Gasteiger partial charge in [0.05, 0.1) is 0 Å². The summed E-state index contributed by atoms with van der Waals surface area (Å²) in [4.78, 5) is 14.4. The lowest BCUT2D eigenvalue weighted by Crippen LogP contribution is -2.36. The summed E-state index contributed by atoms with van der Waals surface area (Å²) in [7, 11) is 2.00. The lowest BCUT2D eigenvalue weighted by molar-refractivity contribution is -0.131. The first-order chi connectivity index (χ1) is 10.2. The van der Waals surface area contributed by atoms with Gasteiger partial charge < -0.3 is 10.2 Å². The maximum Gasteiger partial charge on any atom is 0.222 e. The highest BCUT2D eigenvalue weighted by molar-refractivity contribution is 5.76. The molecule has 2 unspecified atom stereocenters. The Hall–Kier alpha value is -0.570. The van der Waals surface area contributed by atoms with Gasteiger partial charge in [-0.2, -0.15) is 0 Å². The van der Waals surface area contributed by atoms with E-state index in [1.807, 2.05) is 11.9 Å². The van der Waals surface area contributed by atoms with E-state index < -0.39 is 0 Å². The third kappa shape index (κ3) is 5.61. The van der Waals surface area contributed by atoms with Gasteiger partial charge in [-0.05, 0) is 50.1 Å². The fraction of sp³-hybridized carbons (Fsp3) is 0.944. The summed E-state index contributed by atoms with van der Waals surface area (Å²) in [5, 5.41) is 3.46. The van der Waals surface area contributed by atoms with Crippen molar-refractivity contribution in [1.29, 1.82) is 0 Å². The van der Waals surface area contributed by atoms with Gasteiger partial charge >= 0.3 is 0 Å². The molecular formula is C18H34N2O. The first-order valence-corrected chi connectivity index (χ1v) is 9.11. The second-order valence-corrected chi connectivity index (χ2v) is 7.40. The molecule has 0 spiro atoms. The molecule has 1 heterocycles. The van der Waals surface area contributed by atoms with Gasteiger partial charge in [0.25, 0.3) is 0 Å². The van der Waals surface area contributed by atoms with Crippen molar-refractivity contribution < 1.29 is 4.79 Å². The minimum Gasteiger partial charge on any atom is -0.346 e. The normalized spacial score (nSPS) is 25.5. The van der Waals surface area contributed by atoms with Crippen LogP contribution in [0.4, 0.5) is 0 Å². The molecule has 0 aromatic rings. The molecule has 2 atom stereocenters. The van der Waals surface area contributed by atoms with Crippen LogP contribution in [0.15, 0.2) is 0 Å². The zero-order valence-corrected chi connectivity index (χ0v) is 14.1. The average molecular weight is 294 g/mol. The minimum absolute atomic E-state index is 0.351. The van der Waals surface area contributed by atoms with Gasteiger partial charge in [0.15, 0.2) is 0 Å². The quantitative estimate of drug-likeness (QED) is 0.814. The predicted molar refractivity (Wildman–Crippen MR) is 88.2 cm³/mol. The summed E-state index contributed by atoms with van der Waals surface area (Å²) in [5.41, 5.74) is 0. The molecule has 1 saturated carbocycles. The predicted octanol–water partition coefficient (Wildman–Crippen LogP) is 3.44. The van der Waals surface area contributed by atoms with E-state index in [4.69, 9.17) is 0 Å². The fourth-order valence-corrected chi connectivity index (χ4v) is 3.94. The van der Waals surface area contributed by atoms with E-state index in [1.165, 1.54) is 51.4 Å². The fourth-order valence-electron chi connectivity index (χ4n) is 3.94. The topological polar surface area (TPSA) is 32.3 Å². The molecule has 0 radical (unpaired) electrons. The van der Waals surface area contributed by atoms with Crippen LogP contribution in [-0.2, 0) is 4.79 Å². The highest BCUT2D eigenvalue weighted by Gasteiger charge is 2.23. The van der Waals surface area contributed by atoms with Crippen molar-refractivity contribution in [1.82, 2.24) is 10.2 Å². The van der Waals surface area contributed by atoms with Crippen molar-refractivity contribution >= 4 is 5.91 Å². The van der Waals surface area contributed by atoms with Gasteiger partial charge in [-0.15, -0.1) is 0 Å². The second-order valence-electron chi connectivity index (χ2n) is 7.40. The molecule has 1 N–H and O–H groups in total. The maximum absolute atomic E-state index is 12.4. The summed E-state index contributed by atoms with van der Waals surface area (Å²) < 4.78 is 0.